The highest BCUT2D eigenvalue weighted by Gasteiger charge is 2.26. The summed E-state index contributed by atoms with van der Waals surface area (Å²) in [5, 5.41) is 18.4. The van der Waals surface area contributed by atoms with Crippen LogP contribution in [0.15, 0.2) is 30.6 Å². The highest BCUT2D eigenvalue weighted by atomic mass is 19.2. The van der Waals surface area contributed by atoms with Crippen LogP contribution in [0.1, 0.15) is 25.0 Å². The van der Waals surface area contributed by atoms with Gasteiger partial charge in [-0.1, -0.05) is 0 Å². The van der Waals surface area contributed by atoms with E-state index in [1.807, 2.05) is 6.07 Å². The molecule has 0 unspecified atom stereocenters. The number of aromatic nitrogens is 4. The average molecular weight is 397 g/mol. The first-order valence-electron chi connectivity index (χ1n) is 8.98. The first kappa shape index (κ1) is 18.8. The minimum Gasteiger partial charge on any atom is -0.490 e. The summed E-state index contributed by atoms with van der Waals surface area (Å²) < 4.78 is 34.4. The van der Waals surface area contributed by atoms with Crippen LogP contribution in [0.2, 0.25) is 0 Å². The molecule has 2 atom stereocenters. The van der Waals surface area contributed by atoms with E-state index in [-0.39, 0.29) is 34.8 Å². The summed E-state index contributed by atoms with van der Waals surface area (Å²) in [6.07, 6.45) is 4.77. The zero-order chi connectivity index (χ0) is 20.4. The van der Waals surface area contributed by atoms with Crippen LogP contribution < -0.4 is 15.8 Å². The van der Waals surface area contributed by atoms with Crippen LogP contribution in [0.3, 0.4) is 0 Å². The normalized spacial score (nSPS) is 18.4. The molecule has 0 amide bonds. The largest absolute Gasteiger partial charge is 0.490 e. The van der Waals surface area contributed by atoms with Gasteiger partial charge in [-0.25, -0.2) is 18.7 Å². The Morgan fingerprint density at radius 2 is 2.07 bits per heavy atom. The summed E-state index contributed by atoms with van der Waals surface area (Å²) in [6, 6.07) is 5.86. The molecule has 10 heteroatoms. The molecule has 0 spiro atoms. The van der Waals surface area contributed by atoms with E-state index in [4.69, 9.17) is 15.7 Å². The van der Waals surface area contributed by atoms with Gasteiger partial charge in [-0.05, 0) is 31.4 Å². The average Bonchev–Trinajstić information content (AvgIpc) is 3.34. The van der Waals surface area contributed by atoms with Gasteiger partial charge < -0.3 is 15.8 Å². The minimum atomic E-state index is -1.03. The van der Waals surface area contributed by atoms with Crippen LogP contribution in [-0.4, -0.2) is 32.3 Å². The molecule has 1 saturated carbocycles. The Labute approximate surface area is 164 Å². The fraction of sp³-hybridized carbons (Fsp3) is 0.263. The zero-order valence-corrected chi connectivity index (χ0v) is 15.2. The third kappa shape index (κ3) is 4.00. The summed E-state index contributed by atoms with van der Waals surface area (Å²) in [4.78, 5) is 7.93. The molecule has 0 bridgehead atoms. The van der Waals surface area contributed by atoms with Crippen LogP contribution in [0, 0.1) is 23.0 Å². The third-order valence-corrected chi connectivity index (χ3v) is 4.65. The molecule has 2 aromatic heterocycles. The maximum Gasteiger partial charge on any atom is 0.171 e. The summed E-state index contributed by atoms with van der Waals surface area (Å²) in [7, 11) is 0. The molecule has 1 aliphatic rings. The van der Waals surface area contributed by atoms with Crippen molar-refractivity contribution in [3.63, 3.8) is 0 Å². The molecular formula is C19H17F2N7O. The molecule has 29 heavy (non-hydrogen) atoms. The fourth-order valence-electron chi connectivity index (χ4n) is 3.24. The molecule has 2 heterocycles. The monoisotopic (exact) mass is 397 g/mol. The second-order valence-electron chi connectivity index (χ2n) is 6.74. The summed E-state index contributed by atoms with van der Waals surface area (Å²) in [6.45, 7) is 0. The minimum absolute atomic E-state index is 0.0445. The lowest BCUT2D eigenvalue weighted by atomic mass is 10.1. The number of nitriles is 1. The van der Waals surface area contributed by atoms with Crippen LogP contribution in [-0.2, 0) is 0 Å². The predicted molar refractivity (Wildman–Crippen MR) is 100 cm³/mol. The second-order valence-corrected chi connectivity index (χ2v) is 6.74. The van der Waals surface area contributed by atoms with Gasteiger partial charge in [0.05, 0.1) is 23.7 Å². The van der Waals surface area contributed by atoms with Gasteiger partial charge >= 0.3 is 0 Å². The first-order valence-corrected chi connectivity index (χ1v) is 8.98. The topological polar surface area (TPSA) is 126 Å². The van der Waals surface area contributed by atoms with E-state index in [2.05, 4.69) is 25.5 Å². The van der Waals surface area contributed by atoms with E-state index in [0.717, 1.165) is 18.9 Å². The molecule has 148 valence electrons. The number of anilines is 2. The van der Waals surface area contributed by atoms with E-state index in [9.17, 15) is 8.78 Å². The van der Waals surface area contributed by atoms with Crippen molar-refractivity contribution in [3.05, 3.63) is 47.9 Å². The fourth-order valence-corrected chi connectivity index (χ4v) is 3.24. The molecular weight excluding hydrogens is 380 g/mol. The van der Waals surface area contributed by atoms with Gasteiger partial charge in [0.25, 0.3) is 0 Å². The number of benzene rings is 1. The molecule has 4 rings (SSSR count). The standard InChI is InChI=1S/C19H17F2N7O/c20-13-3-4-15(29-12-2-1-10(23)5-12)18(19(13)21)14-6-16(28-27-14)26-17-9-24-11(7-22)8-25-17/h3-4,6,8-10,12H,1-2,5,23H2,(H2,25,26,27,28)/t10-,12-/m1/s1. The van der Waals surface area contributed by atoms with Crippen LogP contribution in [0.4, 0.5) is 20.4 Å². The summed E-state index contributed by atoms with van der Waals surface area (Å²) in [5.41, 5.74) is 6.28. The molecule has 3 aromatic rings. The number of H-pyrrole nitrogens is 1. The van der Waals surface area contributed by atoms with E-state index in [1.54, 1.807) is 0 Å². The van der Waals surface area contributed by atoms with Crippen molar-refractivity contribution in [1.82, 2.24) is 20.2 Å². The van der Waals surface area contributed by atoms with Crippen LogP contribution in [0.5, 0.6) is 5.75 Å². The van der Waals surface area contributed by atoms with Crippen molar-refractivity contribution in [2.45, 2.75) is 31.4 Å². The highest BCUT2D eigenvalue weighted by molar-refractivity contribution is 5.71. The van der Waals surface area contributed by atoms with Gasteiger partial charge in [0.1, 0.15) is 23.7 Å². The molecule has 0 saturated heterocycles. The number of nitrogens with zero attached hydrogens (tertiary/aromatic N) is 4. The third-order valence-electron chi connectivity index (χ3n) is 4.65. The Kier molecular flexibility index (Phi) is 5.05. The van der Waals surface area contributed by atoms with Gasteiger partial charge in [0.2, 0.25) is 0 Å². The van der Waals surface area contributed by atoms with E-state index in [0.29, 0.717) is 18.1 Å². The molecule has 8 nitrogen and oxygen atoms in total. The number of nitrogens with two attached hydrogens (primary N) is 1. The number of hydrogen-bond donors (Lipinski definition) is 3. The number of hydrogen-bond acceptors (Lipinski definition) is 7. The SMILES string of the molecule is N#Cc1cnc(Nc2cc(-c3c(O[C@@H]4CC[C@@H](N)C4)ccc(F)c3F)[nH]n2)cn1. The lowest BCUT2D eigenvalue weighted by Gasteiger charge is -2.17. The Morgan fingerprint density at radius 3 is 2.76 bits per heavy atom. The number of rotatable bonds is 5. The van der Waals surface area contributed by atoms with Gasteiger partial charge in [-0.2, -0.15) is 10.4 Å². The van der Waals surface area contributed by atoms with Crippen molar-refractivity contribution < 1.29 is 13.5 Å². The number of ether oxygens (including phenoxy) is 1. The Balaban J connectivity index is 1.60. The quantitative estimate of drug-likeness (QED) is 0.604. The Hall–Kier alpha value is -3.58. The van der Waals surface area contributed by atoms with Crippen molar-refractivity contribution in [2.24, 2.45) is 5.73 Å². The van der Waals surface area contributed by atoms with Gasteiger partial charge in [0, 0.05) is 12.1 Å². The highest BCUT2D eigenvalue weighted by Crippen LogP contribution is 2.36. The predicted octanol–water partition coefficient (Wildman–Crippen LogP) is 3.02. The van der Waals surface area contributed by atoms with Crippen molar-refractivity contribution in [1.29, 1.82) is 5.26 Å². The molecule has 4 N–H and O–H groups in total. The van der Waals surface area contributed by atoms with Crippen molar-refractivity contribution >= 4 is 11.6 Å². The molecule has 1 fully saturated rings. The first-order chi connectivity index (χ1) is 14.0. The van der Waals surface area contributed by atoms with Gasteiger partial charge in [-0.15, -0.1) is 0 Å². The molecule has 0 radical (unpaired) electrons. The Bertz CT molecular complexity index is 1060. The lowest BCUT2D eigenvalue weighted by Crippen LogP contribution is -2.19. The van der Waals surface area contributed by atoms with Gasteiger partial charge in [0.15, 0.2) is 23.1 Å². The molecule has 1 aromatic carbocycles. The van der Waals surface area contributed by atoms with E-state index < -0.39 is 11.6 Å². The maximum absolute atomic E-state index is 14.6. The van der Waals surface area contributed by atoms with Crippen LogP contribution >= 0.6 is 0 Å². The zero-order valence-electron chi connectivity index (χ0n) is 15.2. The molecule has 0 aliphatic heterocycles. The van der Waals surface area contributed by atoms with Gasteiger partial charge in [-0.3, -0.25) is 5.10 Å². The molecule has 1 aliphatic carbocycles. The summed E-state index contributed by atoms with van der Waals surface area (Å²) in [5.74, 6) is -1.14. The smallest absolute Gasteiger partial charge is 0.171 e. The van der Waals surface area contributed by atoms with Crippen molar-refractivity contribution in [2.75, 3.05) is 5.32 Å². The number of halogens is 2. The maximum atomic E-state index is 14.6. The Morgan fingerprint density at radius 1 is 1.21 bits per heavy atom. The van der Waals surface area contributed by atoms with E-state index >= 15 is 0 Å². The number of aromatic amines is 1. The summed E-state index contributed by atoms with van der Waals surface area (Å²) >= 11 is 0. The second kappa shape index (κ2) is 7.81. The van der Waals surface area contributed by atoms with Crippen LogP contribution in [0.25, 0.3) is 11.3 Å². The van der Waals surface area contributed by atoms with E-state index in [1.165, 1.54) is 24.5 Å². The number of nitrogens with one attached hydrogen (secondary N) is 2. The van der Waals surface area contributed by atoms with Crippen molar-refractivity contribution in [3.8, 4) is 23.1 Å². The lowest BCUT2D eigenvalue weighted by molar-refractivity contribution is 0.208.